The molecule has 182 valence electrons. The molecule has 0 aliphatic heterocycles. The fourth-order valence-electron chi connectivity index (χ4n) is 3.77. The predicted molar refractivity (Wildman–Crippen MR) is 136 cm³/mol. The van der Waals surface area contributed by atoms with E-state index >= 15 is 0 Å². The SMILES string of the molecule is COc1ccc(/C=C(/NC(=O)c2ccccc2)C(=O)N[C@@H](Cc2c[nH]c3ccccc23)C(=O)O)cc1. The predicted octanol–water partition coefficient (Wildman–Crippen LogP) is 3.76. The number of fused-ring (bicyclic) bond motifs is 1. The van der Waals surface area contributed by atoms with Crippen LogP contribution in [0.25, 0.3) is 17.0 Å². The van der Waals surface area contributed by atoms with Gasteiger partial charge in [-0.15, -0.1) is 0 Å². The van der Waals surface area contributed by atoms with Crippen LogP contribution in [0, 0.1) is 0 Å². The first-order valence-corrected chi connectivity index (χ1v) is 11.3. The molecule has 4 rings (SSSR count). The summed E-state index contributed by atoms with van der Waals surface area (Å²) in [6, 6.07) is 21.6. The van der Waals surface area contributed by atoms with E-state index in [2.05, 4.69) is 15.6 Å². The second-order valence-electron chi connectivity index (χ2n) is 8.08. The van der Waals surface area contributed by atoms with Gasteiger partial charge in [-0.1, -0.05) is 48.5 Å². The minimum Gasteiger partial charge on any atom is -0.497 e. The van der Waals surface area contributed by atoms with E-state index in [9.17, 15) is 19.5 Å². The monoisotopic (exact) mass is 483 g/mol. The van der Waals surface area contributed by atoms with Crippen molar-refractivity contribution in [3.05, 3.63) is 107 Å². The Morgan fingerprint density at radius 3 is 2.36 bits per heavy atom. The maximum Gasteiger partial charge on any atom is 0.326 e. The van der Waals surface area contributed by atoms with Gasteiger partial charge in [0.05, 0.1) is 7.11 Å². The smallest absolute Gasteiger partial charge is 0.326 e. The quantitative estimate of drug-likeness (QED) is 0.270. The standard InChI is InChI=1S/C28H25N3O5/c1-36-21-13-11-18(12-14-21)15-24(30-26(32)19-7-3-2-4-8-19)27(33)31-25(28(34)35)16-20-17-29-23-10-6-5-9-22(20)23/h2-15,17,25,29H,16H2,1H3,(H,30,32)(H,31,33)(H,34,35)/b24-15+/t25-/m0/s1. The molecule has 3 aromatic carbocycles. The molecule has 0 aliphatic carbocycles. The molecule has 0 bridgehead atoms. The molecule has 8 heteroatoms. The number of carboxylic acids is 1. The second-order valence-corrected chi connectivity index (χ2v) is 8.08. The fourth-order valence-corrected chi connectivity index (χ4v) is 3.77. The number of aromatic amines is 1. The van der Waals surface area contributed by atoms with Crippen LogP contribution < -0.4 is 15.4 Å². The molecular formula is C28H25N3O5. The Balaban J connectivity index is 1.59. The van der Waals surface area contributed by atoms with Gasteiger partial charge < -0.3 is 25.5 Å². The third-order valence-corrected chi connectivity index (χ3v) is 5.66. The van der Waals surface area contributed by atoms with Crippen LogP contribution in [-0.2, 0) is 16.0 Å². The minimum atomic E-state index is -1.22. The number of aliphatic carboxylic acids is 1. The van der Waals surface area contributed by atoms with E-state index in [1.165, 1.54) is 6.08 Å². The van der Waals surface area contributed by atoms with Crippen LogP contribution in [0.1, 0.15) is 21.5 Å². The molecule has 2 amide bonds. The summed E-state index contributed by atoms with van der Waals surface area (Å²) in [5.41, 5.74) is 2.53. The van der Waals surface area contributed by atoms with Gasteiger partial charge in [-0.3, -0.25) is 9.59 Å². The highest BCUT2D eigenvalue weighted by molar-refractivity contribution is 6.06. The van der Waals surface area contributed by atoms with Gasteiger partial charge in [-0.05, 0) is 47.5 Å². The average Bonchev–Trinajstić information content (AvgIpc) is 3.31. The number of aromatic nitrogens is 1. The van der Waals surface area contributed by atoms with E-state index in [1.807, 2.05) is 24.3 Å². The lowest BCUT2D eigenvalue weighted by atomic mass is 10.0. The van der Waals surface area contributed by atoms with E-state index in [0.29, 0.717) is 16.9 Å². The van der Waals surface area contributed by atoms with Crippen molar-refractivity contribution in [2.24, 2.45) is 0 Å². The van der Waals surface area contributed by atoms with Crippen LogP contribution in [0.4, 0.5) is 0 Å². The highest BCUT2D eigenvalue weighted by Crippen LogP contribution is 2.19. The van der Waals surface area contributed by atoms with Gasteiger partial charge in [0.1, 0.15) is 17.5 Å². The zero-order valence-corrected chi connectivity index (χ0v) is 19.5. The first-order valence-electron chi connectivity index (χ1n) is 11.3. The van der Waals surface area contributed by atoms with Crippen LogP contribution in [0.15, 0.2) is 90.8 Å². The first-order chi connectivity index (χ1) is 17.4. The maximum absolute atomic E-state index is 13.3. The van der Waals surface area contributed by atoms with Crippen LogP contribution in [-0.4, -0.2) is 41.0 Å². The number of carbonyl (C=O) groups excluding carboxylic acids is 2. The van der Waals surface area contributed by atoms with E-state index in [4.69, 9.17) is 4.74 Å². The molecule has 4 N–H and O–H groups in total. The highest BCUT2D eigenvalue weighted by atomic mass is 16.5. The lowest BCUT2D eigenvalue weighted by Gasteiger charge is -2.17. The number of ether oxygens (including phenoxy) is 1. The molecule has 0 saturated heterocycles. The Kier molecular flexibility index (Phi) is 7.45. The van der Waals surface area contributed by atoms with Crippen LogP contribution in [0.2, 0.25) is 0 Å². The Morgan fingerprint density at radius 1 is 0.972 bits per heavy atom. The lowest BCUT2D eigenvalue weighted by molar-refractivity contribution is -0.141. The molecule has 1 heterocycles. The van der Waals surface area contributed by atoms with E-state index in [1.54, 1.807) is 67.9 Å². The van der Waals surface area contributed by atoms with Gasteiger partial charge in [0.15, 0.2) is 0 Å². The number of para-hydroxylation sites is 1. The third kappa shape index (κ3) is 5.79. The summed E-state index contributed by atoms with van der Waals surface area (Å²) in [5, 5.41) is 15.9. The van der Waals surface area contributed by atoms with Crippen molar-refractivity contribution in [3.63, 3.8) is 0 Å². The van der Waals surface area contributed by atoms with E-state index < -0.39 is 23.8 Å². The minimum absolute atomic E-state index is 0.0630. The number of nitrogens with one attached hydrogen (secondary N) is 3. The van der Waals surface area contributed by atoms with Crippen LogP contribution in [0.3, 0.4) is 0 Å². The number of carboxylic acid groups (broad SMARTS) is 1. The molecule has 0 saturated carbocycles. The molecule has 0 spiro atoms. The number of amides is 2. The van der Waals surface area contributed by atoms with Crippen LogP contribution in [0.5, 0.6) is 5.75 Å². The summed E-state index contributed by atoms with van der Waals surface area (Å²) >= 11 is 0. The molecule has 0 aliphatic rings. The topological polar surface area (TPSA) is 121 Å². The average molecular weight is 484 g/mol. The maximum atomic E-state index is 13.3. The zero-order chi connectivity index (χ0) is 25.5. The highest BCUT2D eigenvalue weighted by Gasteiger charge is 2.24. The Labute approximate surface area is 207 Å². The molecule has 1 aromatic heterocycles. The van der Waals surface area contributed by atoms with Gasteiger partial charge >= 0.3 is 5.97 Å². The molecule has 1 atom stereocenters. The summed E-state index contributed by atoms with van der Waals surface area (Å²) in [6.45, 7) is 0. The molecular weight excluding hydrogens is 458 g/mol. The van der Waals surface area contributed by atoms with Gasteiger partial charge in [0.2, 0.25) is 0 Å². The van der Waals surface area contributed by atoms with Crippen molar-refractivity contribution in [3.8, 4) is 5.75 Å². The fraction of sp³-hybridized carbons (Fsp3) is 0.107. The van der Waals surface area contributed by atoms with E-state index in [0.717, 1.165) is 16.5 Å². The Hall–Kier alpha value is -4.85. The normalized spacial score (nSPS) is 12.1. The Morgan fingerprint density at radius 2 is 1.67 bits per heavy atom. The number of methoxy groups -OCH3 is 1. The molecule has 8 nitrogen and oxygen atoms in total. The van der Waals surface area contributed by atoms with Gasteiger partial charge in [-0.2, -0.15) is 0 Å². The molecule has 4 aromatic rings. The number of H-pyrrole nitrogens is 1. The zero-order valence-electron chi connectivity index (χ0n) is 19.5. The molecule has 0 unspecified atom stereocenters. The van der Waals surface area contributed by atoms with Crippen molar-refractivity contribution in [1.82, 2.24) is 15.6 Å². The largest absolute Gasteiger partial charge is 0.497 e. The summed E-state index contributed by atoms with van der Waals surface area (Å²) in [5.74, 6) is -1.76. The second kappa shape index (κ2) is 11.1. The molecule has 36 heavy (non-hydrogen) atoms. The van der Waals surface area contributed by atoms with Crippen molar-refractivity contribution < 1.29 is 24.2 Å². The summed E-state index contributed by atoms with van der Waals surface area (Å²) in [6.07, 6.45) is 3.28. The van der Waals surface area contributed by atoms with Crippen molar-refractivity contribution in [2.45, 2.75) is 12.5 Å². The van der Waals surface area contributed by atoms with Crippen molar-refractivity contribution in [1.29, 1.82) is 0 Å². The number of benzene rings is 3. The summed E-state index contributed by atoms with van der Waals surface area (Å²) in [4.78, 5) is 41.2. The summed E-state index contributed by atoms with van der Waals surface area (Å²) < 4.78 is 5.17. The lowest BCUT2D eigenvalue weighted by Crippen LogP contribution is -2.45. The first kappa shape index (κ1) is 24.3. The van der Waals surface area contributed by atoms with Crippen molar-refractivity contribution in [2.75, 3.05) is 7.11 Å². The molecule has 0 radical (unpaired) electrons. The third-order valence-electron chi connectivity index (χ3n) is 5.66. The number of hydrogen-bond donors (Lipinski definition) is 4. The molecule has 0 fully saturated rings. The van der Waals surface area contributed by atoms with Crippen LogP contribution >= 0.6 is 0 Å². The number of rotatable bonds is 9. The van der Waals surface area contributed by atoms with Gasteiger partial charge in [0, 0.05) is 29.1 Å². The summed E-state index contributed by atoms with van der Waals surface area (Å²) in [7, 11) is 1.55. The number of hydrogen-bond acceptors (Lipinski definition) is 4. The van der Waals surface area contributed by atoms with Gasteiger partial charge in [0.25, 0.3) is 11.8 Å². The van der Waals surface area contributed by atoms with E-state index in [-0.39, 0.29) is 12.1 Å². The Bertz CT molecular complexity index is 1410. The van der Waals surface area contributed by atoms with Crippen molar-refractivity contribution >= 4 is 34.8 Å². The number of carbonyl (C=O) groups is 3. The van der Waals surface area contributed by atoms with Gasteiger partial charge in [-0.25, -0.2) is 4.79 Å².